The van der Waals surface area contributed by atoms with Crippen LogP contribution in [0.3, 0.4) is 0 Å². The van der Waals surface area contributed by atoms with E-state index < -0.39 is 0 Å². The summed E-state index contributed by atoms with van der Waals surface area (Å²) >= 11 is 0. The molecule has 0 aliphatic heterocycles. The van der Waals surface area contributed by atoms with Gasteiger partial charge in [0.1, 0.15) is 0 Å². The van der Waals surface area contributed by atoms with Gasteiger partial charge in [0.25, 0.3) is 0 Å². The number of aromatic nitrogens is 2. The van der Waals surface area contributed by atoms with Crippen LogP contribution in [0.4, 0.5) is 5.69 Å². The topological polar surface area (TPSA) is 41.9 Å². The Morgan fingerprint density at radius 3 is 2.67 bits per heavy atom. The van der Waals surface area contributed by atoms with Crippen molar-refractivity contribution in [3.05, 3.63) is 12.4 Å². The van der Waals surface area contributed by atoms with Crippen molar-refractivity contribution in [1.82, 2.24) is 9.89 Å². The predicted octanol–water partition coefficient (Wildman–Crippen LogP) is 0.0981. The van der Waals surface area contributed by atoms with E-state index in [-0.39, 0.29) is 0 Å². The molecule has 0 spiro atoms. The number of rotatable bonds is 2. The van der Waals surface area contributed by atoms with Gasteiger partial charge in [-0.15, -0.1) is 0 Å². The van der Waals surface area contributed by atoms with Crippen LogP contribution in [0.5, 0.6) is 0 Å². The summed E-state index contributed by atoms with van der Waals surface area (Å²) in [5.41, 5.74) is 3.85. The monoisotopic (exact) mass is 126 g/mol. The third-order valence-corrected chi connectivity index (χ3v) is 1.10. The highest BCUT2D eigenvalue weighted by molar-refractivity contribution is 5.36. The minimum Gasteiger partial charge on any atom is -0.386 e. The highest BCUT2D eigenvalue weighted by atomic mass is 15.5. The molecule has 50 valence electrons. The molecule has 0 fully saturated rings. The molecule has 0 aliphatic carbocycles. The quantitative estimate of drug-likeness (QED) is 0.590. The van der Waals surface area contributed by atoms with Crippen molar-refractivity contribution in [1.29, 1.82) is 0 Å². The van der Waals surface area contributed by atoms with Gasteiger partial charge in [-0.25, -0.2) is 0 Å². The molecule has 2 N–H and O–H groups in total. The number of anilines is 1. The molecule has 0 saturated heterocycles. The van der Waals surface area contributed by atoms with Gasteiger partial charge in [-0.3, -0.25) is 0 Å². The van der Waals surface area contributed by atoms with Crippen LogP contribution >= 0.6 is 0 Å². The molecule has 1 aromatic rings. The van der Waals surface area contributed by atoms with Gasteiger partial charge in [0.05, 0.1) is 18.1 Å². The molecule has 9 heavy (non-hydrogen) atoms. The maximum atomic E-state index is 3.95. The van der Waals surface area contributed by atoms with Crippen molar-refractivity contribution in [2.24, 2.45) is 0 Å². The molecule has 0 saturated carbocycles. The average molecular weight is 126 g/mol. The van der Waals surface area contributed by atoms with Crippen molar-refractivity contribution in [2.75, 3.05) is 24.8 Å². The van der Waals surface area contributed by atoms with Crippen molar-refractivity contribution < 1.29 is 0 Å². The number of hydrogen-bond acceptors (Lipinski definition) is 3. The number of nitrogens with zero attached hydrogens (tertiary/aromatic N) is 2. The smallest absolute Gasteiger partial charge is 0.0746 e. The van der Waals surface area contributed by atoms with Crippen LogP contribution in [0, 0.1) is 0 Å². The van der Waals surface area contributed by atoms with Gasteiger partial charge in [-0.05, 0) is 0 Å². The SMILES string of the molecule is CNc1cnn(NC)c1. The molecule has 0 amide bonds. The molecule has 4 heteroatoms. The lowest BCUT2D eigenvalue weighted by Gasteiger charge is -1.94. The van der Waals surface area contributed by atoms with E-state index in [1.54, 1.807) is 11.0 Å². The second-order valence-corrected chi connectivity index (χ2v) is 1.65. The van der Waals surface area contributed by atoms with Gasteiger partial charge in [-0.1, -0.05) is 0 Å². The predicted molar refractivity (Wildman–Crippen MR) is 37.1 cm³/mol. The lowest BCUT2D eigenvalue weighted by molar-refractivity contribution is 0.782. The van der Waals surface area contributed by atoms with E-state index in [4.69, 9.17) is 0 Å². The summed E-state index contributed by atoms with van der Waals surface area (Å²) in [5, 5.41) is 6.91. The van der Waals surface area contributed by atoms with Crippen LogP contribution in [0.2, 0.25) is 0 Å². The summed E-state index contributed by atoms with van der Waals surface area (Å²) in [6.07, 6.45) is 3.61. The van der Waals surface area contributed by atoms with Gasteiger partial charge in [0, 0.05) is 14.1 Å². The van der Waals surface area contributed by atoms with E-state index in [1.807, 2.05) is 20.3 Å². The van der Waals surface area contributed by atoms with Crippen LogP contribution in [0.1, 0.15) is 0 Å². The second-order valence-electron chi connectivity index (χ2n) is 1.65. The van der Waals surface area contributed by atoms with Crippen molar-refractivity contribution >= 4 is 5.69 Å². The van der Waals surface area contributed by atoms with Crippen LogP contribution in [-0.4, -0.2) is 24.0 Å². The maximum Gasteiger partial charge on any atom is 0.0746 e. The molecule has 0 aliphatic rings. The van der Waals surface area contributed by atoms with E-state index in [0.29, 0.717) is 0 Å². The number of hydrogen-bond donors (Lipinski definition) is 2. The minimum absolute atomic E-state index is 1.00. The Hall–Kier alpha value is -1.19. The fraction of sp³-hybridized carbons (Fsp3) is 0.400. The van der Waals surface area contributed by atoms with Crippen molar-refractivity contribution in [3.8, 4) is 0 Å². The first-order chi connectivity index (χ1) is 4.36. The minimum atomic E-state index is 1.00. The first-order valence-electron chi connectivity index (χ1n) is 2.77. The highest BCUT2D eigenvalue weighted by Gasteiger charge is 1.89. The summed E-state index contributed by atoms with van der Waals surface area (Å²) in [7, 11) is 3.67. The largest absolute Gasteiger partial charge is 0.386 e. The normalized spacial score (nSPS) is 9.11. The zero-order valence-corrected chi connectivity index (χ0v) is 5.55. The fourth-order valence-electron chi connectivity index (χ4n) is 0.574. The second kappa shape index (κ2) is 2.39. The summed E-state index contributed by atoms with van der Waals surface area (Å²) in [6, 6.07) is 0. The van der Waals surface area contributed by atoms with E-state index in [2.05, 4.69) is 15.8 Å². The van der Waals surface area contributed by atoms with Crippen LogP contribution in [-0.2, 0) is 0 Å². The fourth-order valence-corrected chi connectivity index (χ4v) is 0.574. The van der Waals surface area contributed by atoms with E-state index in [1.165, 1.54) is 0 Å². The Balaban J connectivity index is 2.74. The van der Waals surface area contributed by atoms with E-state index in [0.717, 1.165) is 5.69 Å². The molecule has 1 heterocycles. The summed E-state index contributed by atoms with van der Waals surface area (Å²) in [6.45, 7) is 0. The van der Waals surface area contributed by atoms with Crippen molar-refractivity contribution in [3.63, 3.8) is 0 Å². The van der Waals surface area contributed by atoms with Crippen LogP contribution in [0.15, 0.2) is 12.4 Å². The Bertz CT molecular complexity index is 162. The molecule has 1 aromatic heterocycles. The molecule has 0 bridgehead atoms. The lowest BCUT2D eigenvalue weighted by atomic mass is 10.6. The standard InChI is InChI=1S/C5H10N4/c1-6-5-3-8-9(4-5)7-2/h3-4,6-7H,1-2H3. The summed E-state index contributed by atoms with van der Waals surface area (Å²) < 4.78 is 0. The molecule has 0 unspecified atom stereocenters. The van der Waals surface area contributed by atoms with Crippen molar-refractivity contribution in [2.45, 2.75) is 0 Å². The van der Waals surface area contributed by atoms with E-state index >= 15 is 0 Å². The first-order valence-corrected chi connectivity index (χ1v) is 2.77. The Morgan fingerprint density at radius 2 is 2.33 bits per heavy atom. The highest BCUT2D eigenvalue weighted by Crippen LogP contribution is 1.99. The van der Waals surface area contributed by atoms with Gasteiger partial charge in [0.15, 0.2) is 0 Å². The van der Waals surface area contributed by atoms with Crippen LogP contribution in [0.25, 0.3) is 0 Å². The summed E-state index contributed by atoms with van der Waals surface area (Å²) in [4.78, 5) is 1.63. The Morgan fingerprint density at radius 1 is 1.56 bits per heavy atom. The molecule has 1 rings (SSSR count). The van der Waals surface area contributed by atoms with Gasteiger partial charge >= 0.3 is 0 Å². The molecule has 0 radical (unpaired) electrons. The van der Waals surface area contributed by atoms with Gasteiger partial charge in [-0.2, -0.15) is 9.89 Å². The summed E-state index contributed by atoms with van der Waals surface area (Å²) in [5.74, 6) is 0. The lowest BCUT2D eigenvalue weighted by Crippen LogP contribution is -2.08. The molecular formula is C5H10N4. The molecule has 0 aromatic carbocycles. The van der Waals surface area contributed by atoms with E-state index in [9.17, 15) is 0 Å². The zero-order valence-electron chi connectivity index (χ0n) is 5.55. The third-order valence-electron chi connectivity index (χ3n) is 1.10. The van der Waals surface area contributed by atoms with Crippen LogP contribution < -0.4 is 10.7 Å². The molecule has 4 nitrogen and oxygen atoms in total. The maximum absolute atomic E-state index is 3.95. The third kappa shape index (κ3) is 1.13. The van der Waals surface area contributed by atoms with Gasteiger partial charge in [0.2, 0.25) is 0 Å². The average Bonchev–Trinajstić information content (AvgIpc) is 2.34. The number of nitrogens with one attached hydrogen (secondary N) is 2. The Kier molecular flexibility index (Phi) is 1.58. The molecule has 0 atom stereocenters. The van der Waals surface area contributed by atoms with Gasteiger partial charge < -0.3 is 10.7 Å². The Labute approximate surface area is 53.8 Å². The first kappa shape index (κ1) is 5.94. The molecular weight excluding hydrogens is 116 g/mol. The zero-order chi connectivity index (χ0) is 6.69.